The molecule has 0 saturated heterocycles. The summed E-state index contributed by atoms with van der Waals surface area (Å²) in [5, 5.41) is 10.4. The van der Waals surface area contributed by atoms with E-state index in [9.17, 15) is 9.59 Å². The Labute approximate surface area is 203 Å². The molecule has 0 saturated carbocycles. The summed E-state index contributed by atoms with van der Waals surface area (Å²) in [6.07, 6.45) is 5.19. The number of carbonyl (C=O) groups excluding carboxylic acids is 2. The number of carbonyl (C=O) groups is 2. The fourth-order valence-corrected chi connectivity index (χ4v) is 3.86. The van der Waals surface area contributed by atoms with Crippen LogP contribution in [0.5, 0.6) is 5.75 Å². The highest BCUT2D eigenvalue weighted by Crippen LogP contribution is 2.30. The molecule has 3 aromatic carbocycles. The van der Waals surface area contributed by atoms with E-state index in [2.05, 4.69) is 22.8 Å². The lowest BCUT2D eigenvalue weighted by Crippen LogP contribution is -2.25. The minimum atomic E-state index is -0.293. The number of nitrogens with zero attached hydrogens (tertiary/aromatic N) is 2. The lowest BCUT2D eigenvalue weighted by atomic mass is 10.1. The number of aryl methyl sites for hydroxylation is 1. The van der Waals surface area contributed by atoms with Crippen molar-refractivity contribution in [1.82, 2.24) is 9.78 Å². The van der Waals surface area contributed by atoms with E-state index in [1.807, 2.05) is 60.3 Å². The predicted molar refractivity (Wildman–Crippen MR) is 136 cm³/mol. The molecule has 0 fully saturated rings. The van der Waals surface area contributed by atoms with E-state index in [4.69, 9.17) is 9.84 Å². The first kappa shape index (κ1) is 22.2. The summed E-state index contributed by atoms with van der Waals surface area (Å²) in [4.78, 5) is 24.2. The van der Waals surface area contributed by atoms with Crippen LogP contribution in [0, 0.1) is 6.92 Å². The summed E-state index contributed by atoms with van der Waals surface area (Å²) in [5.41, 5.74) is 6.02. The van der Waals surface area contributed by atoms with Crippen LogP contribution in [0.1, 0.15) is 16.7 Å². The Hall–Kier alpha value is -4.65. The molecule has 0 unspecified atom stereocenters. The van der Waals surface area contributed by atoms with Crippen molar-refractivity contribution in [3.63, 3.8) is 0 Å². The van der Waals surface area contributed by atoms with Crippen molar-refractivity contribution in [3.05, 3.63) is 102 Å². The molecule has 0 bridgehead atoms. The van der Waals surface area contributed by atoms with Crippen LogP contribution in [0.3, 0.4) is 0 Å². The van der Waals surface area contributed by atoms with Crippen LogP contribution in [-0.2, 0) is 16.1 Å². The first-order valence-corrected chi connectivity index (χ1v) is 11.3. The van der Waals surface area contributed by atoms with Gasteiger partial charge in [-0.1, -0.05) is 60.2 Å². The topological polar surface area (TPSA) is 85.3 Å². The second-order valence-electron chi connectivity index (χ2n) is 8.35. The van der Waals surface area contributed by atoms with Gasteiger partial charge in [0.15, 0.2) is 6.61 Å². The molecule has 7 nitrogen and oxygen atoms in total. The van der Waals surface area contributed by atoms with E-state index in [0.717, 1.165) is 22.4 Å². The average Bonchev–Trinajstić information content (AvgIpc) is 3.26. The second-order valence-corrected chi connectivity index (χ2v) is 8.35. The fraction of sp³-hybridized carbons (Fsp3) is 0.107. The van der Waals surface area contributed by atoms with Crippen molar-refractivity contribution in [2.45, 2.75) is 13.5 Å². The standard InChI is InChI=1S/C28H24N4O3/c1-19-7-9-21(10-8-19)28-22(17-32(31-28)16-20-5-3-2-4-6-20)11-14-26(33)29-23-12-13-25-24(15-23)30-27(34)18-35-25/h2-15,17H,16,18H2,1H3,(H,29,33)(H,30,34)/b14-11+. The second kappa shape index (κ2) is 9.69. The normalized spacial score (nSPS) is 12.7. The molecule has 0 atom stereocenters. The van der Waals surface area contributed by atoms with Crippen LogP contribution in [0.15, 0.2) is 85.1 Å². The molecule has 0 aliphatic carbocycles. The van der Waals surface area contributed by atoms with Gasteiger partial charge in [-0.3, -0.25) is 14.3 Å². The number of hydrogen-bond acceptors (Lipinski definition) is 4. The number of rotatable bonds is 6. The van der Waals surface area contributed by atoms with Gasteiger partial charge in [-0.25, -0.2) is 0 Å². The van der Waals surface area contributed by atoms with Crippen molar-refractivity contribution < 1.29 is 14.3 Å². The number of fused-ring (bicyclic) bond motifs is 1. The Morgan fingerprint density at radius 3 is 2.71 bits per heavy atom. The number of anilines is 2. The third-order valence-corrected chi connectivity index (χ3v) is 5.60. The summed E-state index contributed by atoms with van der Waals surface area (Å²) >= 11 is 0. The van der Waals surface area contributed by atoms with Crippen molar-refractivity contribution in [3.8, 4) is 17.0 Å². The lowest BCUT2D eigenvalue weighted by molar-refractivity contribution is -0.118. The maximum absolute atomic E-state index is 12.7. The third-order valence-electron chi connectivity index (χ3n) is 5.60. The highest BCUT2D eigenvalue weighted by Gasteiger charge is 2.16. The Bertz CT molecular complexity index is 1410. The molecule has 2 heterocycles. The zero-order valence-corrected chi connectivity index (χ0v) is 19.2. The molecule has 5 rings (SSSR count). The minimum Gasteiger partial charge on any atom is -0.482 e. The van der Waals surface area contributed by atoms with Gasteiger partial charge < -0.3 is 15.4 Å². The number of amides is 2. The van der Waals surface area contributed by atoms with Crippen molar-refractivity contribution >= 4 is 29.3 Å². The Morgan fingerprint density at radius 2 is 1.91 bits per heavy atom. The Morgan fingerprint density at radius 1 is 1.11 bits per heavy atom. The molecular weight excluding hydrogens is 440 g/mol. The number of nitrogens with one attached hydrogen (secondary N) is 2. The van der Waals surface area contributed by atoms with E-state index in [0.29, 0.717) is 23.7 Å². The SMILES string of the molecule is Cc1ccc(-c2nn(Cc3ccccc3)cc2/C=C/C(=O)Nc2ccc3c(c2)NC(=O)CO3)cc1. The van der Waals surface area contributed by atoms with Crippen LogP contribution in [0.4, 0.5) is 11.4 Å². The van der Waals surface area contributed by atoms with Gasteiger partial charge in [-0.15, -0.1) is 0 Å². The van der Waals surface area contributed by atoms with E-state index in [-0.39, 0.29) is 18.4 Å². The number of benzene rings is 3. The molecule has 4 aromatic rings. The van der Waals surface area contributed by atoms with Gasteiger partial charge in [0, 0.05) is 29.1 Å². The smallest absolute Gasteiger partial charge is 0.262 e. The van der Waals surface area contributed by atoms with Gasteiger partial charge in [0.2, 0.25) is 5.91 Å². The molecule has 7 heteroatoms. The van der Waals surface area contributed by atoms with Crippen molar-refractivity contribution in [2.75, 3.05) is 17.2 Å². The monoisotopic (exact) mass is 464 g/mol. The largest absolute Gasteiger partial charge is 0.482 e. The Kier molecular flexibility index (Phi) is 6.13. The lowest BCUT2D eigenvalue weighted by Gasteiger charge is -2.18. The van der Waals surface area contributed by atoms with E-state index >= 15 is 0 Å². The van der Waals surface area contributed by atoms with E-state index in [1.165, 1.54) is 11.6 Å². The van der Waals surface area contributed by atoms with Gasteiger partial charge in [0.05, 0.1) is 17.9 Å². The number of aromatic nitrogens is 2. The molecule has 2 amide bonds. The van der Waals surface area contributed by atoms with Gasteiger partial charge in [0.25, 0.3) is 5.91 Å². The highest BCUT2D eigenvalue weighted by atomic mass is 16.5. The van der Waals surface area contributed by atoms with Crippen molar-refractivity contribution in [2.24, 2.45) is 0 Å². The third kappa shape index (κ3) is 5.30. The molecular formula is C28H24N4O3. The van der Waals surface area contributed by atoms with E-state index in [1.54, 1.807) is 24.3 Å². The first-order valence-electron chi connectivity index (χ1n) is 11.3. The minimum absolute atomic E-state index is 0.0112. The molecule has 35 heavy (non-hydrogen) atoms. The van der Waals surface area contributed by atoms with Gasteiger partial charge in [0.1, 0.15) is 5.75 Å². The van der Waals surface area contributed by atoms with Gasteiger partial charge in [-0.05, 0) is 36.8 Å². The Balaban J connectivity index is 1.37. The van der Waals surface area contributed by atoms with Crippen LogP contribution in [0.25, 0.3) is 17.3 Å². The summed E-state index contributed by atoms with van der Waals surface area (Å²) in [6, 6.07) is 23.4. The average molecular weight is 465 g/mol. The molecule has 174 valence electrons. The molecule has 1 aromatic heterocycles. The molecule has 2 N–H and O–H groups in total. The fourth-order valence-electron chi connectivity index (χ4n) is 3.86. The van der Waals surface area contributed by atoms with Crippen molar-refractivity contribution in [1.29, 1.82) is 0 Å². The summed E-state index contributed by atoms with van der Waals surface area (Å²) in [5.74, 6) is 0.0578. The zero-order valence-electron chi connectivity index (χ0n) is 19.2. The van der Waals surface area contributed by atoms with Crippen LogP contribution in [-0.4, -0.2) is 28.2 Å². The maximum Gasteiger partial charge on any atom is 0.262 e. The first-order chi connectivity index (χ1) is 17.0. The molecule has 0 radical (unpaired) electrons. The molecule has 0 spiro atoms. The summed E-state index contributed by atoms with van der Waals surface area (Å²) in [7, 11) is 0. The predicted octanol–water partition coefficient (Wildman–Crippen LogP) is 4.89. The van der Waals surface area contributed by atoms with Crippen LogP contribution < -0.4 is 15.4 Å². The quantitative estimate of drug-likeness (QED) is 0.398. The number of ether oxygens (including phenoxy) is 1. The molecule has 1 aliphatic heterocycles. The molecule has 1 aliphatic rings. The maximum atomic E-state index is 12.7. The summed E-state index contributed by atoms with van der Waals surface area (Å²) in [6.45, 7) is 2.66. The van der Waals surface area contributed by atoms with Crippen LogP contribution >= 0.6 is 0 Å². The van der Waals surface area contributed by atoms with Gasteiger partial charge in [-0.2, -0.15) is 5.10 Å². The summed E-state index contributed by atoms with van der Waals surface area (Å²) < 4.78 is 7.24. The number of hydrogen-bond donors (Lipinski definition) is 2. The van der Waals surface area contributed by atoms with E-state index < -0.39 is 0 Å². The van der Waals surface area contributed by atoms with Crippen LogP contribution in [0.2, 0.25) is 0 Å². The zero-order chi connectivity index (χ0) is 24.2. The van der Waals surface area contributed by atoms with Gasteiger partial charge >= 0.3 is 0 Å². The highest BCUT2D eigenvalue weighted by molar-refractivity contribution is 6.03.